The first-order valence-electron chi connectivity index (χ1n) is 7.09. The Kier molecular flexibility index (Phi) is 3.02. The lowest BCUT2D eigenvalue weighted by molar-refractivity contribution is 0.355. The monoisotopic (exact) mass is 245 g/mol. The van der Waals surface area contributed by atoms with Gasteiger partial charge in [0, 0.05) is 25.3 Å². The van der Waals surface area contributed by atoms with Crippen LogP contribution in [0.25, 0.3) is 0 Å². The fourth-order valence-electron chi connectivity index (χ4n) is 3.38. The summed E-state index contributed by atoms with van der Waals surface area (Å²) >= 11 is 0. The van der Waals surface area contributed by atoms with Crippen molar-refractivity contribution in [3.8, 4) is 0 Å². The quantitative estimate of drug-likeness (QED) is 0.883. The van der Waals surface area contributed by atoms with Gasteiger partial charge in [-0.25, -0.2) is 4.98 Å². The van der Waals surface area contributed by atoms with Crippen molar-refractivity contribution < 1.29 is 0 Å². The van der Waals surface area contributed by atoms with Gasteiger partial charge in [0.05, 0.1) is 0 Å². The third kappa shape index (κ3) is 2.12. The molecule has 2 aliphatic rings. The maximum Gasteiger partial charge on any atom is 0.128 e. The molecule has 0 spiro atoms. The molecule has 1 fully saturated rings. The van der Waals surface area contributed by atoms with E-state index in [2.05, 4.69) is 29.3 Å². The number of anilines is 1. The van der Waals surface area contributed by atoms with Gasteiger partial charge < -0.3 is 10.2 Å². The van der Waals surface area contributed by atoms with Crippen molar-refractivity contribution in [2.45, 2.75) is 32.6 Å². The second-order valence-corrected chi connectivity index (χ2v) is 6.14. The zero-order chi connectivity index (χ0) is 12.6. The number of rotatable bonds is 3. The molecule has 1 aromatic rings. The molecule has 1 aromatic heterocycles. The van der Waals surface area contributed by atoms with Crippen molar-refractivity contribution >= 4 is 5.82 Å². The van der Waals surface area contributed by atoms with Gasteiger partial charge >= 0.3 is 0 Å². The number of aromatic nitrogens is 1. The van der Waals surface area contributed by atoms with Crippen molar-refractivity contribution in [1.29, 1.82) is 0 Å². The summed E-state index contributed by atoms with van der Waals surface area (Å²) in [6.07, 6.45) is 4.93. The van der Waals surface area contributed by atoms with Crippen LogP contribution in [0.15, 0.2) is 12.1 Å². The molecule has 1 aliphatic heterocycles. The number of pyridine rings is 1. The molecule has 3 rings (SSSR count). The van der Waals surface area contributed by atoms with Crippen LogP contribution in [0.5, 0.6) is 0 Å². The summed E-state index contributed by atoms with van der Waals surface area (Å²) in [5, 5.41) is 3.32. The minimum Gasteiger partial charge on any atom is -0.356 e. The van der Waals surface area contributed by atoms with E-state index in [9.17, 15) is 0 Å². The minimum absolute atomic E-state index is 0.398. The first-order valence-corrected chi connectivity index (χ1v) is 7.09. The van der Waals surface area contributed by atoms with Gasteiger partial charge in [-0.05, 0) is 49.8 Å². The molecule has 98 valence electrons. The molecule has 0 saturated carbocycles. The molecule has 1 N–H and O–H groups in total. The number of fused-ring (bicyclic) bond motifs is 1. The minimum atomic E-state index is 0.398. The van der Waals surface area contributed by atoms with E-state index < -0.39 is 0 Å². The van der Waals surface area contributed by atoms with Gasteiger partial charge in [0.2, 0.25) is 0 Å². The molecule has 1 aliphatic carbocycles. The van der Waals surface area contributed by atoms with E-state index in [0.29, 0.717) is 5.41 Å². The fraction of sp³-hybridized carbons (Fsp3) is 0.667. The number of hydrogen-bond donors (Lipinski definition) is 1. The average molecular weight is 245 g/mol. The molecule has 2 heterocycles. The topological polar surface area (TPSA) is 28.2 Å². The molecule has 1 unspecified atom stereocenters. The second-order valence-electron chi connectivity index (χ2n) is 6.14. The van der Waals surface area contributed by atoms with Crippen LogP contribution in [-0.2, 0) is 12.8 Å². The maximum absolute atomic E-state index is 4.87. The zero-order valence-corrected chi connectivity index (χ0v) is 11.5. The van der Waals surface area contributed by atoms with Crippen LogP contribution in [0.3, 0.4) is 0 Å². The van der Waals surface area contributed by atoms with Crippen LogP contribution >= 0.6 is 0 Å². The lowest BCUT2D eigenvalue weighted by Crippen LogP contribution is -2.33. The predicted octanol–water partition coefficient (Wildman–Crippen LogP) is 2.01. The normalized spacial score (nSPS) is 26.7. The summed E-state index contributed by atoms with van der Waals surface area (Å²) in [4.78, 5) is 7.32. The van der Waals surface area contributed by atoms with E-state index in [1.807, 2.05) is 7.05 Å². The lowest BCUT2D eigenvalue weighted by Gasteiger charge is -2.25. The first kappa shape index (κ1) is 12.0. The summed E-state index contributed by atoms with van der Waals surface area (Å²) in [6, 6.07) is 4.51. The summed E-state index contributed by atoms with van der Waals surface area (Å²) in [7, 11) is 2.04. The van der Waals surface area contributed by atoms with Gasteiger partial charge in [-0.1, -0.05) is 13.0 Å². The van der Waals surface area contributed by atoms with Gasteiger partial charge in [0.25, 0.3) is 0 Å². The molecule has 1 atom stereocenters. The highest BCUT2D eigenvalue weighted by Gasteiger charge is 2.33. The molecule has 3 heteroatoms. The first-order chi connectivity index (χ1) is 8.70. The third-order valence-corrected chi connectivity index (χ3v) is 4.40. The van der Waals surface area contributed by atoms with Gasteiger partial charge in [-0.2, -0.15) is 0 Å². The second kappa shape index (κ2) is 4.54. The summed E-state index contributed by atoms with van der Waals surface area (Å²) in [6.45, 7) is 5.73. The smallest absolute Gasteiger partial charge is 0.128 e. The molecule has 1 saturated heterocycles. The molecular formula is C15H23N3. The van der Waals surface area contributed by atoms with E-state index >= 15 is 0 Å². The van der Waals surface area contributed by atoms with Crippen LogP contribution in [0.2, 0.25) is 0 Å². The van der Waals surface area contributed by atoms with Gasteiger partial charge in [-0.3, -0.25) is 0 Å². The number of nitrogens with zero attached hydrogens (tertiary/aromatic N) is 2. The van der Waals surface area contributed by atoms with Crippen molar-refractivity contribution in [3.63, 3.8) is 0 Å². The maximum atomic E-state index is 4.87. The van der Waals surface area contributed by atoms with E-state index in [1.165, 1.54) is 42.8 Å². The zero-order valence-electron chi connectivity index (χ0n) is 11.5. The lowest BCUT2D eigenvalue weighted by atomic mass is 9.90. The highest BCUT2D eigenvalue weighted by atomic mass is 15.2. The highest BCUT2D eigenvalue weighted by molar-refractivity contribution is 5.44. The SMILES string of the molecule is CNCC1(C)CCN(c2ccc3c(n2)CCC3)C1. The van der Waals surface area contributed by atoms with Gasteiger partial charge in [0.1, 0.15) is 5.82 Å². The summed E-state index contributed by atoms with van der Waals surface area (Å²) < 4.78 is 0. The molecule has 0 amide bonds. The Morgan fingerprint density at radius 3 is 3.11 bits per heavy atom. The molecule has 3 nitrogen and oxygen atoms in total. The highest BCUT2D eigenvalue weighted by Crippen LogP contribution is 2.33. The molecule has 0 radical (unpaired) electrons. The van der Waals surface area contributed by atoms with Crippen molar-refractivity contribution in [2.24, 2.45) is 5.41 Å². The number of nitrogens with one attached hydrogen (secondary N) is 1. The van der Waals surface area contributed by atoms with E-state index in [-0.39, 0.29) is 0 Å². The van der Waals surface area contributed by atoms with Gasteiger partial charge in [-0.15, -0.1) is 0 Å². The van der Waals surface area contributed by atoms with E-state index in [4.69, 9.17) is 4.98 Å². The molecule has 0 bridgehead atoms. The Hall–Kier alpha value is -1.09. The Bertz CT molecular complexity index is 443. The van der Waals surface area contributed by atoms with Crippen LogP contribution < -0.4 is 10.2 Å². The Morgan fingerprint density at radius 2 is 2.28 bits per heavy atom. The van der Waals surface area contributed by atoms with Crippen molar-refractivity contribution in [1.82, 2.24) is 10.3 Å². The van der Waals surface area contributed by atoms with Crippen LogP contribution in [-0.4, -0.2) is 31.7 Å². The summed E-state index contributed by atoms with van der Waals surface area (Å²) in [5.74, 6) is 1.19. The van der Waals surface area contributed by atoms with E-state index in [0.717, 1.165) is 19.6 Å². The molecule has 0 aromatic carbocycles. The number of aryl methyl sites for hydroxylation is 2. The third-order valence-electron chi connectivity index (χ3n) is 4.40. The molecular weight excluding hydrogens is 222 g/mol. The van der Waals surface area contributed by atoms with Crippen LogP contribution in [0, 0.1) is 5.41 Å². The van der Waals surface area contributed by atoms with Crippen LogP contribution in [0.1, 0.15) is 31.0 Å². The van der Waals surface area contributed by atoms with Gasteiger partial charge in [0.15, 0.2) is 0 Å². The standard InChI is InChI=1S/C15H23N3/c1-15(10-16-2)8-9-18(11-15)14-7-6-12-4-3-5-13(12)17-14/h6-7,16H,3-5,8-11H2,1-2H3. The van der Waals surface area contributed by atoms with Crippen molar-refractivity contribution in [2.75, 3.05) is 31.6 Å². The van der Waals surface area contributed by atoms with Crippen LogP contribution in [0.4, 0.5) is 5.82 Å². The molecule has 18 heavy (non-hydrogen) atoms. The van der Waals surface area contributed by atoms with Crippen molar-refractivity contribution in [3.05, 3.63) is 23.4 Å². The van der Waals surface area contributed by atoms with E-state index in [1.54, 1.807) is 0 Å². The largest absolute Gasteiger partial charge is 0.356 e. The Morgan fingerprint density at radius 1 is 1.39 bits per heavy atom. The Labute approximate surface area is 110 Å². The predicted molar refractivity (Wildman–Crippen MR) is 75.1 cm³/mol. The fourth-order valence-corrected chi connectivity index (χ4v) is 3.38. The Balaban J connectivity index is 1.76. The summed E-state index contributed by atoms with van der Waals surface area (Å²) in [5.41, 5.74) is 3.21. The average Bonchev–Trinajstić information content (AvgIpc) is 2.95. The number of hydrogen-bond acceptors (Lipinski definition) is 3.